The monoisotopic (exact) mass is 428 g/mol. The molecule has 0 saturated carbocycles. The van der Waals surface area contributed by atoms with Crippen LogP contribution in [0.1, 0.15) is 30.6 Å². The van der Waals surface area contributed by atoms with Gasteiger partial charge in [-0.1, -0.05) is 36.4 Å². The van der Waals surface area contributed by atoms with Crippen molar-refractivity contribution < 1.29 is 27.8 Å². The van der Waals surface area contributed by atoms with E-state index in [1.54, 1.807) is 42.5 Å². The summed E-state index contributed by atoms with van der Waals surface area (Å²) in [6.07, 6.45) is 1.23. The van der Waals surface area contributed by atoms with Gasteiger partial charge in [0.25, 0.3) is 0 Å². The Morgan fingerprint density at radius 2 is 1.65 bits per heavy atom. The van der Waals surface area contributed by atoms with Crippen molar-refractivity contribution in [3.05, 3.63) is 95.8 Å². The highest BCUT2D eigenvalue weighted by atomic mass is 19.2. The molecular weight excluding hydrogens is 405 g/mol. The summed E-state index contributed by atoms with van der Waals surface area (Å²) in [4.78, 5) is 0. The molecule has 1 atom stereocenters. The fourth-order valence-corrected chi connectivity index (χ4v) is 2.99. The lowest BCUT2D eigenvalue weighted by Crippen LogP contribution is -2.05. The minimum Gasteiger partial charge on any atom is -0.490 e. The maximum absolute atomic E-state index is 14.2. The molecule has 0 amide bonds. The molecular formula is C25H23F3O3. The third kappa shape index (κ3) is 5.47. The third-order valence-electron chi connectivity index (χ3n) is 4.74. The van der Waals surface area contributed by atoms with Gasteiger partial charge in [-0.3, -0.25) is 0 Å². The van der Waals surface area contributed by atoms with Crippen molar-refractivity contribution in [2.24, 2.45) is 0 Å². The topological polar surface area (TPSA) is 38.7 Å². The molecule has 1 N–H and O–H groups in total. The van der Waals surface area contributed by atoms with Crippen molar-refractivity contribution in [1.82, 2.24) is 0 Å². The molecule has 0 aliphatic heterocycles. The molecule has 0 heterocycles. The Hall–Kier alpha value is -3.25. The fraction of sp³-hybridized carbons (Fsp3) is 0.200. The van der Waals surface area contributed by atoms with Crippen molar-refractivity contribution in [2.45, 2.75) is 26.1 Å². The molecule has 31 heavy (non-hydrogen) atoms. The number of hydrogen-bond acceptors (Lipinski definition) is 3. The highest BCUT2D eigenvalue weighted by Gasteiger charge is 2.16. The highest BCUT2D eigenvalue weighted by molar-refractivity contribution is 5.65. The Kier molecular flexibility index (Phi) is 7.36. The summed E-state index contributed by atoms with van der Waals surface area (Å²) in [6.45, 7) is 5.15. The predicted molar refractivity (Wildman–Crippen MR) is 113 cm³/mol. The second kappa shape index (κ2) is 10.2. The van der Waals surface area contributed by atoms with E-state index < -0.39 is 23.6 Å². The molecule has 0 aliphatic rings. The highest BCUT2D eigenvalue weighted by Crippen LogP contribution is 2.28. The SMILES string of the molecule is C=CCCOc1ccc(-c2ccc(OCc3ccc(C(C)O)c(F)c3F)cc2)cc1F. The van der Waals surface area contributed by atoms with Gasteiger partial charge in [0.2, 0.25) is 0 Å². The minimum atomic E-state index is -1.10. The van der Waals surface area contributed by atoms with Gasteiger partial charge in [-0.05, 0) is 48.7 Å². The number of halogens is 3. The molecule has 3 aromatic carbocycles. The van der Waals surface area contributed by atoms with Crippen LogP contribution in [-0.4, -0.2) is 11.7 Å². The van der Waals surface area contributed by atoms with Gasteiger partial charge in [-0.2, -0.15) is 0 Å². The van der Waals surface area contributed by atoms with Crippen LogP contribution in [0.4, 0.5) is 13.2 Å². The van der Waals surface area contributed by atoms with Gasteiger partial charge >= 0.3 is 0 Å². The summed E-state index contributed by atoms with van der Waals surface area (Å²) in [5.41, 5.74) is 1.37. The first-order valence-electron chi connectivity index (χ1n) is 9.82. The maximum Gasteiger partial charge on any atom is 0.165 e. The zero-order valence-corrected chi connectivity index (χ0v) is 17.1. The summed E-state index contributed by atoms with van der Waals surface area (Å²) >= 11 is 0. The van der Waals surface area contributed by atoms with Crippen LogP contribution in [-0.2, 0) is 6.61 Å². The van der Waals surface area contributed by atoms with Crippen LogP contribution in [0, 0.1) is 17.5 Å². The van der Waals surface area contributed by atoms with Crippen LogP contribution in [0.3, 0.4) is 0 Å². The summed E-state index contributed by atoms with van der Waals surface area (Å²) < 4.78 is 53.3. The van der Waals surface area contributed by atoms with Crippen molar-refractivity contribution in [3.8, 4) is 22.6 Å². The van der Waals surface area contributed by atoms with Crippen LogP contribution >= 0.6 is 0 Å². The molecule has 3 rings (SSSR count). The summed E-state index contributed by atoms with van der Waals surface area (Å²) in [5, 5.41) is 9.46. The molecule has 0 bridgehead atoms. The third-order valence-corrected chi connectivity index (χ3v) is 4.74. The quantitative estimate of drug-likeness (QED) is 0.318. The van der Waals surface area contributed by atoms with E-state index in [0.29, 0.717) is 24.3 Å². The largest absolute Gasteiger partial charge is 0.490 e. The van der Waals surface area contributed by atoms with Crippen molar-refractivity contribution in [2.75, 3.05) is 6.61 Å². The van der Waals surface area contributed by atoms with Gasteiger partial charge in [-0.25, -0.2) is 13.2 Å². The van der Waals surface area contributed by atoms with E-state index in [2.05, 4.69) is 6.58 Å². The van der Waals surface area contributed by atoms with Gasteiger partial charge in [0.15, 0.2) is 23.2 Å². The van der Waals surface area contributed by atoms with Gasteiger partial charge in [0.05, 0.1) is 12.7 Å². The molecule has 0 saturated heterocycles. The maximum atomic E-state index is 14.2. The molecule has 0 aromatic heterocycles. The van der Waals surface area contributed by atoms with Crippen molar-refractivity contribution in [3.63, 3.8) is 0 Å². The van der Waals surface area contributed by atoms with Crippen molar-refractivity contribution >= 4 is 0 Å². The number of aliphatic hydroxyl groups excluding tert-OH is 1. The standard InChI is InChI=1S/C25H23F3O3/c1-3-4-13-30-23-12-8-18(14-22(23)26)17-5-9-20(10-6-17)31-15-19-7-11-21(16(2)29)25(28)24(19)27/h3,5-12,14,16,29H,1,4,13,15H2,2H3. The lowest BCUT2D eigenvalue weighted by molar-refractivity contribution is 0.192. The Morgan fingerprint density at radius 1 is 0.935 bits per heavy atom. The molecule has 3 nitrogen and oxygen atoms in total. The molecule has 162 valence electrons. The van der Waals surface area contributed by atoms with Gasteiger partial charge < -0.3 is 14.6 Å². The number of rotatable bonds is 9. The summed E-state index contributed by atoms with van der Waals surface area (Å²) in [7, 11) is 0. The van der Waals surface area contributed by atoms with Crippen LogP contribution < -0.4 is 9.47 Å². The van der Waals surface area contributed by atoms with E-state index in [4.69, 9.17) is 9.47 Å². The van der Waals surface area contributed by atoms with Gasteiger partial charge in [0, 0.05) is 11.1 Å². The Labute approximate surface area is 179 Å². The Bertz CT molecular complexity index is 1050. The molecule has 0 aliphatic carbocycles. The average Bonchev–Trinajstić information content (AvgIpc) is 2.76. The van der Waals surface area contributed by atoms with Crippen LogP contribution in [0.25, 0.3) is 11.1 Å². The summed E-state index contributed by atoms with van der Waals surface area (Å²) in [6, 6.07) is 14.3. The van der Waals surface area contributed by atoms with Crippen LogP contribution in [0.15, 0.2) is 67.3 Å². The number of aliphatic hydroxyl groups is 1. The molecule has 0 fully saturated rings. The van der Waals surface area contributed by atoms with Crippen molar-refractivity contribution in [1.29, 1.82) is 0 Å². The molecule has 6 heteroatoms. The lowest BCUT2D eigenvalue weighted by Gasteiger charge is -2.12. The number of ether oxygens (including phenoxy) is 2. The first-order chi connectivity index (χ1) is 14.9. The van der Waals surface area contributed by atoms with E-state index in [0.717, 1.165) is 5.56 Å². The number of hydrogen-bond donors (Lipinski definition) is 1. The first-order valence-corrected chi connectivity index (χ1v) is 9.82. The number of benzene rings is 3. The Balaban J connectivity index is 1.66. The fourth-order valence-electron chi connectivity index (χ4n) is 2.99. The Morgan fingerprint density at radius 3 is 2.29 bits per heavy atom. The second-order valence-electron chi connectivity index (χ2n) is 7.00. The van der Waals surface area contributed by atoms with Crippen LogP contribution in [0.5, 0.6) is 11.5 Å². The molecule has 0 radical (unpaired) electrons. The van der Waals surface area contributed by atoms with Crippen LogP contribution in [0.2, 0.25) is 0 Å². The smallest absolute Gasteiger partial charge is 0.165 e. The average molecular weight is 428 g/mol. The zero-order chi connectivity index (χ0) is 22.4. The lowest BCUT2D eigenvalue weighted by atomic mass is 10.1. The van der Waals surface area contributed by atoms with E-state index >= 15 is 0 Å². The van der Waals surface area contributed by atoms with E-state index in [9.17, 15) is 18.3 Å². The normalized spacial score (nSPS) is 11.8. The summed E-state index contributed by atoms with van der Waals surface area (Å²) in [5.74, 6) is -1.94. The zero-order valence-electron chi connectivity index (χ0n) is 17.1. The molecule has 0 spiro atoms. The molecule has 1 unspecified atom stereocenters. The van der Waals surface area contributed by atoms with E-state index in [1.807, 2.05) is 0 Å². The van der Waals surface area contributed by atoms with E-state index in [1.165, 1.54) is 25.1 Å². The second-order valence-corrected chi connectivity index (χ2v) is 7.00. The van der Waals surface area contributed by atoms with E-state index in [-0.39, 0.29) is 23.5 Å². The van der Waals surface area contributed by atoms with Gasteiger partial charge in [0.1, 0.15) is 12.4 Å². The first kappa shape index (κ1) is 22.4. The predicted octanol–water partition coefficient (Wildman–Crippen LogP) is 6.36. The minimum absolute atomic E-state index is 0.0418. The molecule has 3 aromatic rings. The van der Waals surface area contributed by atoms with Gasteiger partial charge in [-0.15, -0.1) is 6.58 Å².